The lowest BCUT2D eigenvalue weighted by Gasteiger charge is -2.09. The molecule has 3 aromatic rings. The summed E-state index contributed by atoms with van der Waals surface area (Å²) in [6.07, 6.45) is 4.98. The second-order valence-electron chi connectivity index (χ2n) is 6.95. The van der Waals surface area contributed by atoms with Crippen molar-refractivity contribution in [3.63, 3.8) is 0 Å². The Morgan fingerprint density at radius 1 is 1.10 bits per heavy atom. The monoisotopic (exact) mass is 423 g/mol. The Balaban J connectivity index is 1.44. The molecule has 9 heteroatoms. The topological polar surface area (TPSA) is 108 Å². The number of ether oxygens (including phenoxy) is 1. The maximum Gasteiger partial charge on any atom is 0.360 e. The van der Waals surface area contributed by atoms with Crippen LogP contribution in [0.2, 0.25) is 0 Å². The van der Waals surface area contributed by atoms with Gasteiger partial charge in [-0.25, -0.2) is 4.79 Å². The van der Waals surface area contributed by atoms with Crippen LogP contribution in [0, 0.1) is 0 Å². The average Bonchev–Trinajstić information content (AvgIpc) is 3.22. The number of aryl methyl sites for hydroxylation is 2. The van der Waals surface area contributed by atoms with Gasteiger partial charge < -0.3 is 14.6 Å². The highest BCUT2D eigenvalue weighted by Gasteiger charge is 2.11. The van der Waals surface area contributed by atoms with Crippen molar-refractivity contribution >= 4 is 17.6 Å². The molecule has 0 fully saturated rings. The second-order valence-corrected chi connectivity index (χ2v) is 6.95. The molecule has 0 saturated heterocycles. The zero-order valence-corrected chi connectivity index (χ0v) is 17.4. The smallest absolute Gasteiger partial charge is 0.360 e. The molecule has 0 aliphatic carbocycles. The van der Waals surface area contributed by atoms with Gasteiger partial charge in [-0.3, -0.25) is 14.3 Å². The number of nitrogens with zero attached hydrogens (tertiary/aromatic N) is 4. The predicted octanol–water partition coefficient (Wildman–Crippen LogP) is 2.28. The van der Waals surface area contributed by atoms with Crippen LogP contribution >= 0.6 is 0 Å². The standard InChI is InChI=1S/C22H25N5O4/c1-2-31-22(30)19-16-27(25-24-19)12-7-6-11-26-13-10-18(15-21(26)29)23-20(28)14-17-8-4-3-5-9-17/h3-5,8-10,13,15-16H,2,6-7,11-12,14H2,1H3,(H,23,28). The number of nitrogens with one attached hydrogen (secondary N) is 1. The van der Waals surface area contributed by atoms with E-state index < -0.39 is 5.97 Å². The Kier molecular flexibility index (Phi) is 7.69. The zero-order chi connectivity index (χ0) is 22.1. The van der Waals surface area contributed by atoms with Gasteiger partial charge in [-0.1, -0.05) is 35.5 Å². The largest absolute Gasteiger partial charge is 0.461 e. The van der Waals surface area contributed by atoms with Crippen molar-refractivity contribution in [2.24, 2.45) is 0 Å². The molecule has 3 rings (SSSR count). The van der Waals surface area contributed by atoms with E-state index in [1.54, 1.807) is 34.6 Å². The number of benzene rings is 1. The molecular formula is C22H25N5O4. The number of hydrogen-bond donors (Lipinski definition) is 1. The Bertz CT molecular complexity index is 1070. The first-order valence-corrected chi connectivity index (χ1v) is 10.2. The Morgan fingerprint density at radius 3 is 2.61 bits per heavy atom. The number of esters is 1. The number of carbonyl (C=O) groups is 2. The van der Waals surface area contributed by atoms with Gasteiger partial charge >= 0.3 is 5.97 Å². The first-order valence-electron chi connectivity index (χ1n) is 10.2. The SMILES string of the molecule is CCOC(=O)c1cn(CCCCn2ccc(NC(=O)Cc3ccccc3)cc2=O)nn1. The molecule has 0 spiro atoms. The molecule has 162 valence electrons. The van der Waals surface area contributed by atoms with Crippen molar-refractivity contribution < 1.29 is 14.3 Å². The van der Waals surface area contributed by atoms with Crippen molar-refractivity contribution in [2.75, 3.05) is 11.9 Å². The molecule has 1 aromatic carbocycles. The maximum atomic E-state index is 12.3. The highest BCUT2D eigenvalue weighted by atomic mass is 16.5. The Labute approximate surface area is 179 Å². The van der Waals surface area contributed by atoms with E-state index in [4.69, 9.17) is 4.74 Å². The molecule has 2 heterocycles. The van der Waals surface area contributed by atoms with Crippen LogP contribution in [0.4, 0.5) is 5.69 Å². The lowest BCUT2D eigenvalue weighted by molar-refractivity contribution is -0.115. The van der Waals surface area contributed by atoms with Crippen LogP contribution in [0.5, 0.6) is 0 Å². The summed E-state index contributed by atoms with van der Waals surface area (Å²) in [7, 11) is 0. The fourth-order valence-corrected chi connectivity index (χ4v) is 3.02. The summed E-state index contributed by atoms with van der Waals surface area (Å²) in [6.45, 7) is 3.14. The van der Waals surface area contributed by atoms with Crippen molar-refractivity contribution in [3.05, 3.63) is 76.5 Å². The number of pyridine rings is 1. The molecule has 0 unspecified atom stereocenters. The van der Waals surface area contributed by atoms with Crippen LogP contribution in [-0.4, -0.2) is 38.0 Å². The summed E-state index contributed by atoms with van der Waals surface area (Å²) in [4.78, 5) is 36.1. The van der Waals surface area contributed by atoms with E-state index in [0.29, 0.717) is 18.8 Å². The van der Waals surface area contributed by atoms with Crippen LogP contribution in [0.15, 0.2) is 59.7 Å². The van der Waals surface area contributed by atoms with Crippen molar-refractivity contribution in [1.29, 1.82) is 0 Å². The fraction of sp³-hybridized carbons (Fsp3) is 0.318. The molecular weight excluding hydrogens is 398 g/mol. The number of unbranched alkanes of at least 4 members (excludes halogenated alkanes) is 1. The second kappa shape index (κ2) is 10.9. The number of hydrogen-bond acceptors (Lipinski definition) is 6. The summed E-state index contributed by atoms with van der Waals surface area (Å²) >= 11 is 0. The summed E-state index contributed by atoms with van der Waals surface area (Å²) in [5.74, 6) is -0.658. The number of carbonyl (C=O) groups excluding carboxylic acids is 2. The minimum atomic E-state index is -0.490. The maximum absolute atomic E-state index is 12.3. The molecule has 0 aliphatic rings. The third-order valence-corrected chi connectivity index (χ3v) is 4.55. The number of amides is 1. The molecule has 0 radical (unpaired) electrons. The molecule has 1 amide bonds. The van der Waals surface area contributed by atoms with E-state index in [0.717, 1.165) is 18.4 Å². The summed E-state index contributed by atoms with van der Waals surface area (Å²) in [5, 5.41) is 10.5. The fourth-order valence-electron chi connectivity index (χ4n) is 3.02. The summed E-state index contributed by atoms with van der Waals surface area (Å²) in [5.41, 5.74) is 1.40. The van der Waals surface area contributed by atoms with Crippen molar-refractivity contribution in [3.8, 4) is 0 Å². The van der Waals surface area contributed by atoms with Crippen molar-refractivity contribution in [2.45, 2.75) is 39.3 Å². The summed E-state index contributed by atoms with van der Waals surface area (Å²) < 4.78 is 8.06. The van der Waals surface area contributed by atoms with E-state index in [2.05, 4.69) is 15.6 Å². The molecule has 1 N–H and O–H groups in total. The molecule has 2 aromatic heterocycles. The van der Waals surface area contributed by atoms with E-state index >= 15 is 0 Å². The van der Waals surface area contributed by atoms with Gasteiger partial charge in [-0.15, -0.1) is 5.10 Å². The molecule has 0 saturated carbocycles. The number of rotatable bonds is 10. The number of anilines is 1. The van der Waals surface area contributed by atoms with Crippen LogP contribution in [0.1, 0.15) is 35.8 Å². The minimum absolute atomic E-state index is 0.168. The molecule has 0 aliphatic heterocycles. The lowest BCUT2D eigenvalue weighted by Crippen LogP contribution is -2.21. The quantitative estimate of drug-likeness (QED) is 0.396. The van der Waals surface area contributed by atoms with Gasteiger partial charge in [0.25, 0.3) is 5.56 Å². The Hall–Kier alpha value is -3.75. The zero-order valence-electron chi connectivity index (χ0n) is 17.4. The Morgan fingerprint density at radius 2 is 1.87 bits per heavy atom. The van der Waals surface area contributed by atoms with Crippen LogP contribution in [0.3, 0.4) is 0 Å². The van der Waals surface area contributed by atoms with Gasteiger partial charge in [0.05, 0.1) is 19.2 Å². The van der Waals surface area contributed by atoms with Crippen molar-refractivity contribution in [1.82, 2.24) is 19.6 Å². The van der Waals surface area contributed by atoms with Crippen LogP contribution in [-0.2, 0) is 29.0 Å². The van der Waals surface area contributed by atoms with Gasteiger partial charge in [0, 0.05) is 31.0 Å². The predicted molar refractivity (Wildman–Crippen MR) is 115 cm³/mol. The van der Waals surface area contributed by atoms with Crippen LogP contribution < -0.4 is 10.9 Å². The normalized spacial score (nSPS) is 10.6. The van der Waals surface area contributed by atoms with Gasteiger partial charge in [0.15, 0.2) is 5.69 Å². The van der Waals surface area contributed by atoms with Gasteiger partial charge in [-0.05, 0) is 31.4 Å². The van der Waals surface area contributed by atoms with E-state index in [-0.39, 0.29) is 30.2 Å². The first-order chi connectivity index (χ1) is 15.0. The third kappa shape index (κ3) is 6.63. The number of aromatic nitrogens is 4. The van der Waals surface area contributed by atoms with Gasteiger partial charge in [-0.2, -0.15) is 0 Å². The highest BCUT2D eigenvalue weighted by Crippen LogP contribution is 2.06. The highest BCUT2D eigenvalue weighted by molar-refractivity contribution is 5.92. The van der Waals surface area contributed by atoms with E-state index in [1.807, 2.05) is 30.3 Å². The average molecular weight is 423 g/mol. The molecule has 9 nitrogen and oxygen atoms in total. The van der Waals surface area contributed by atoms with E-state index in [1.165, 1.54) is 6.07 Å². The van der Waals surface area contributed by atoms with Crippen LogP contribution in [0.25, 0.3) is 0 Å². The minimum Gasteiger partial charge on any atom is -0.461 e. The molecule has 31 heavy (non-hydrogen) atoms. The van der Waals surface area contributed by atoms with Gasteiger partial charge in [0.2, 0.25) is 5.91 Å². The molecule has 0 atom stereocenters. The first kappa shape index (κ1) is 21.9. The van der Waals surface area contributed by atoms with E-state index in [9.17, 15) is 14.4 Å². The third-order valence-electron chi connectivity index (χ3n) is 4.55. The lowest BCUT2D eigenvalue weighted by atomic mass is 10.1. The summed E-state index contributed by atoms with van der Waals surface area (Å²) in [6, 6.07) is 12.6. The van der Waals surface area contributed by atoms with Gasteiger partial charge in [0.1, 0.15) is 0 Å². The molecule has 0 bridgehead atoms.